The van der Waals surface area contributed by atoms with E-state index in [0.717, 1.165) is 30.8 Å². The lowest BCUT2D eigenvalue weighted by atomic mass is 10.0. The molecule has 1 aromatic carbocycles. The number of hydrogen-bond donors (Lipinski definition) is 1. The van der Waals surface area contributed by atoms with Crippen LogP contribution in [0, 0.1) is 0 Å². The number of benzene rings is 1. The summed E-state index contributed by atoms with van der Waals surface area (Å²) in [5.41, 5.74) is 8.15. The minimum Gasteiger partial charge on any atom is -0.326 e. The van der Waals surface area contributed by atoms with Crippen LogP contribution in [0.25, 0.3) is 5.57 Å². The van der Waals surface area contributed by atoms with Crippen molar-refractivity contribution in [2.45, 2.75) is 30.7 Å². The maximum Gasteiger partial charge on any atom is 0.201 e. The number of hydrogen-bond acceptors (Lipinski definition) is 4. The molecule has 0 unspecified atom stereocenters. The van der Waals surface area contributed by atoms with Gasteiger partial charge in [-0.05, 0) is 42.6 Å². The molecule has 0 amide bonds. The highest BCUT2D eigenvalue weighted by Gasteiger charge is 2.30. The van der Waals surface area contributed by atoms with E-state index < -0.39 is 9.84 Å². The predicted molar refractivity (Wildman–Crippen MR) is 79.8 cm³/mol. The fraction of sp³-hybridized carbons (Fsp3) is 0.467. The molecule has 0 atom stereocenters. The lowest BCUT2D eigenvalue weighted by molar-refractivity contribution is 0.255. The van der Waals surface area contributed by atoms with Crippen LogP contribution in [0.2, 0.25) is 0 Å². The Kier molecular flexibility index (Phi) is 3.67. The first-order valence-corrected chi connectivity index (χ1v) is 8.67. The normalized spacial score (nSPS) is 21.6. The van der Waals surface area contributed by atoms with Crippen LogP contribution in [0.15, 0.2) is 28.5 Å². The van der Waals surface area contributed by atoms with Gasteiger partial charge in [0, 0.05) is 18.5 Å². The average Bonchev–Trinajstić information content (AvgIpc) is 2.71. The number of fused-ring (bicyclic) bond motifs is 1. The van der Waals surface area contributed by atoms with E-state index in [4.69, 9.17) is 5.73 Å². The fourth-order valence-electron chi connectivity index (χ4n) is 3.12. The van der Waals surface area contributed by atoms with Crippen molar-refractivity contribution in [3.63, 3.8) is 0 Å². The number of nitrogens with two attached hydrogens (primary N) is 1. The van der Waals surface area contributed by atoms with E-state index in [0.29, 0.717) is 10.5 Å². The van der Waals surface area contributed by atoms with Crippen LogP contribution in [0.5, 0.6) is 0 Å². The smallest absolute Gasteiger partial charge is 0.201 e. The second-order valence-electron chi connectivity index (χ2n) is 5.52. The lowest BCUT2D eigenvalue weighted by Crippen LogP contribution is -2.31. The molecule has 0 aliphatic carbocycles. The van der Waals surface area contributed by atoms with Gasteiger partial charge in [-0.25, -0.2) is 8.42 Å². The summed E-state index contributed by atoms with van der Waals surface area (Å²) < 4.78 is 24.7. The molecule has 108 valence electrons. The van der Waals surface area contributed by atoms with Crippen LogP contribution in [-0.2, 0) is 16.4 Å². The van der Waals surface area contributed by atoms with Crippen LogP contribution in [0.1, 0.15) is 30.4 Å². The second-order valence-corrected chi connectivity index (χ2v) is 7.26. The van der Waals surface area contributed by atoms with Gasteiger partial charge in [0.15, 0.2) is 0 Å². The second kappa shape index (κ2) is 5.31. The van der Waals surface area contributed by atoms with Crippen molar-refractivity contribution in [2.24, 2.45) is 5.73 Å². The van der Waals surface area contributed by atoms with Crippen LogP contribution in [0.3, 0.4) is 0 Å². The van der Waals surface area contributed by atoms with Crippen LogP contribution in [-0.4, -0.2) is 33.0 Å². The Balaban J connectivity index is 1.95. The topological polar surface area (TPSA) is 63.4 Å². The SMILES string of the molecule is NCc1cccc2c1S(=O)(=O)C=C2CN1CCCCC1. The molecule has 3 rings (SSSR count). The molecular formula is C15H20N2O2S. The summed E-state index contributed by atoms with van der Waals surface area (Å²) in [5.74, 6) is 0. The summed E-state index contributed by atoms with van der Waals surface area (Å²) in [4.78, 5) is 2.77. The Labute approximate surface area is 120 Å². The Morgan fingerprint density at radius 2 is 1.90 bits per heavy atom. The molecule has 0 bridgehead atoms. The Morgan fingerprint density at radius 3 is 2.60 bits per heavy atom. The highest BCUT2D eigenvalue weighted by Crippen LogP contribution is 2.36. The predicted octanol–water partition coefficient (Wildman–Crippen LogP) is 1.76. The van der Waals surface area contributed by atoms with Gasteiger partial charge in [0.2, 0.25) is 9.84 Å². The highest BCUT2D eigenvalue weighted by molar-refractivity contribution is 7.95. The molecule has 2 heterocycles. The Morgan fingerprint density at radius 1 is 1.15 bits per heavy atom. The average molecular weight is 292 g/mol. The van der Waals surface area contributed by atoms with Gasteiger partial charge in [-0.2, -0.15) is 0 Å². The molecule has 0 spiro atoms. The molecule has 1 fully saturated rings. The summed E-state index contributed by atoms with van der Waals surface area (Å²) in [6, 6.07) is 5.59. The number of nitrogens with zero attached hydrogens (tertiary/aromatic N) is 1. The van der Waals surface area contributed by atoms with Gasteiger partial charge in [-0.1, -0.05) is 24.6 Å². The molecule has 20 heavy (non-hydrogen) atoms. The minimum absolute atomic E-state index is 0.257. The van der Waals surface area contributed by atoms with Crippen molar-refractivity contribution in [3.05, 3.63) is 34.7 Å². The molecular weight excluding hydrogens is 272 g/mol. The molecule has 1 aromatic rings. The number of rotatable bonds is 3. The lowest BCUT2D eigenvalue weighted by Gasteiger charge is -2.26. The van der Waals surface area contributed by atoms with Crippen molar-refractivity contribution in [2.75, 3.05) is 19.6 Å². The molecule has 2 aliphatic rings. The van der Waals surface area contributed by atoms with E-state index in [1.165, 1.54) is 24.7 Å². The van der Waals surface area contributed by atoms with Crippen LogP contribution in [0.4, 0.5) is 0 Å². The van der Waals surface area contributed by atoms with Crippen molar-refractivity contribution in [3.8, 4) is 0 Å². The molecule has 5 heteroatoms. The maximum absolute atomic E-state index is 12.3. The fourth-order valence-corrected chi connectivity index (χ4v) is 4.84. The van der Waals surface area contributed by atoms with E-state index in [2.05, 4.69) is 4.90 Å². The third-order valence-electron chi connectivity index (χ3n) is 4.09. The largest absolute Gasteiger partial charge is 0.326 e. The van der Waals surface area contributed by atoms with E-state index in [-0.39, 0.29) is 6.54 Å². The van der Waals surface area contributed by atoms with Gasteiger partial charge < -0.3 is 5.73 Å². The minimum atomic E-state index is -3.32. The third-order valence-corrected chi connectivity index (χ3v) is 5.73. The molecule has 2 N–H and O–H groups in total. The van der Waals surface area contributed by atoms with E-state index in [1.54, 1.807) is 6.07 Å². The number of likely N-dealkylation sites (tertiary alicyclic amines) is 1. The Hall–Kier alpha value is -1.17. The van der Waals surface area contributed by atoms with E-state index in [1.807, 2.05) is 12.1 Å². The zero-order valence-electron chi connectivity index (χ0n) is 11.5. The van der Waals surface area contributed by atoms with Gasteiger partial charge in [0.1, 0.15) is 0 Å². The van der Waals surface area contributed by atoms with Gasteiger partial charge >= 0.3 is 0 Å². The summed E-state index contributed by atoms with van der Waals surface area (Å²) >= 11 is 0. The summed E-state index contributed by atoms with van der Waals surface area (Å²) in [7, 11) is -3.32. The standard InChI is InChI=1S/C15H20N2O2S/c16-9-12-5-4-6-14-13(11-20(18,19)15(12)14)10-17-7-2-1-3-8-17/h4-6,11H,1-3,7-10,16H2. The van der Waals surface area contributed by atoms with Crippen molar-refractivity contribution < 1.29 is 8.42 Å². The van der Waals surface area contributed by atoms with E-state index >= 15 is 0 Å². The van der Waals surface area contributed by atoms with Crippen LogP contribution < -0.4 is 5.73 Å². The summed E-state index contributed by atoms with van der Waals surface area (Å²) in [5, 5.41) is 1.44. The summed E-state index contributed by atoms with van der Waals surface area (Å²) in [6.07, 6.45) is 3.69. The summed E-state index contributed by atoms with van der Waals surface area (Å²) in [6.45, 7) is 3.10. The zero-order valence-corrected chi connectivity index (χ0v) is 12.3. The number of piperidine rings is 1. The number of sulfone groups is 1. The molecule has 2 aliphatic heterocycles. The first-order chi connectivity index (χ1) is 9.62. The third kappa shape index (κ3) is 2.41. The molecule has 1 saturated heterocycles. The molecule has 0 radical (unpaired) electrons. The van der Waals surface area contributed by atoms with Gasteiger partial charge in [-0.15, -0.1) is 0 Å². The van der Waals surface area contributed by atoms with Crippen LogP contribution >= 0.6 is 0 Å². The monoisotopic (exact) mass is 292 g/mol. The molecule has 0 aromatic heterocycles. The van der Waals surface area contributed by atoms with Crippen molar-refractivity contribution in [1.82, 2.24) is 4.90 Å². The van der Waals surface area contributed by atoms with Crippen molar-refractivity contribution in [1.29, 1.82) is 0 Å². The quantitative estimate of drug-likeness (QED) is 0.922. The van der Waals surface area contributed by atoms with Gasteiger partial charge in [0.25, 0.3) is 0 Å². The molecule has 0 saturated carbocycles. The van der Waals surface area contributed by atoms with Gasteiger partial charge in [0.05, 0.1) is 4.90 Å². The van der Waals surface area contributed by atoms with E-state index in [9.17, 15) is 8.42 Å². The highest BCUT2D eigenvalue weighted by atomic mass is 32.2. The first kappa shape index (κ1) is 13.8. The Bertz CT molecular complexity index is 644. The zero-order chi connectivity index (χ0) is 14.2. The van der Waals surface area contributed by atoms with Crippen molar-refractivity contribution >= 4 is 15.4 Å². The maximum atomic E-state index is 12.3. The molecule has 4 nitrogen and oxygen atoms in total. The van der Waals surface area contributed by atoms with Gasteiger partial charge in [-0.3, -0.25) is 4.90 Å². The first-order valence-electron chi connectivity index (χ1n) is 7.12.